The van der Waals surface area contributed by atoms with Crippen molar-refractivity contribution >= 4 is 20.2 Å². The van der Waals surface area contributed by atoms with Gasteiger partial charge in [-0.15, -0.1) is 0 Å². The molecule has 11 nitrogen and oxygen atoms in total. The van der Waals surface area contributed by atoms with Crippen molar-refractivity contribution in [3.05, 3.63) is 11.7 Å². The molecule has 1 aliphatic carbocycles. The Labute approximate surface area is 171 Å². The highest BCUT2D eigenvalue weighted by atomic mass is 32.2. The van der Waals surface area contributed by atoms with Gasteiger partial charge in [0.2, 0.25) is 15.9 Å². The van der Waals surface area contributed by atoms with E-state index in [1.807, 2.05) is 0 Å². The number of sulfonamides is 1. The van der Waals surface area contributed by atoms with E-state index in [1.54, 1.807) is 0 Å². The smallest absolute Gasteiger partial charge is 0.282 e. The summed E-state index contributed by atoms with van der Waals surface area (Å²) >= 11 is 0. The van der Waals surface area contributed by atoms with Crippen molar-refractivity contribution in [1.82, 2.24) is 23.1 Å². The summed E-state index contributed by atoms with van der Waals surface area (Å²) in [5.74, 6) is 1.44. The summed E-state index contributed by atoms with van der Waals surface area (Å²) in [5, 5.41) is 3.96. The van der Waals surface area contributed by atoms with Gasteiger partial charge in [-0.1, -0.05) is 11.6 Å². The lowest BCUT2D eigenvalue weighted by Gasteiger charge is -2.45. The number of hydrogen-bond donors (Lipinski definition) is 0. The van der Waals surface area contributed by atoms with Crippen LogP contribution in [0.4, 0.5) is 0 Å². The first-order valence-electron chi connectivity index (χ1n) is 9.87. The van der Waals surface area contributed by atoms with Gasteiger partial charge in [0.25, 0.3) is 10.2 Å². The van der Waals surface area contributed by atoms with E-state index in [1.165, 1.54) is 12.9 Å². The highest BCUT2D eigenvalue weighted by Crippen LogP contribution is 2.35. The second-order valence-electron chi connectivity index (χ2n) is 7.79. The Kier molecular flexibility index (Phi) is 5.97. The van der Waals surface area contributed by atoms with Crippen LogP contribution in [0, 0.1) is 0 Å². The molecule has 0 N–H and O–H groups in total. The van der Waals surface area contributed by atoms with Crippen molar-refractivity contribution in [3.8, 4) is 0 Å². The fourth-order valence-electron chi connectivity index (χ4n) is 3.75. The van der Waals surface area contributed by atoms with Crippen LogP contribution in [0.5, 0.6) is 0 Å². The molecule has 13 heteroatoms. The van der Waals surface area contributed by atoms with Gasteiger partial charge in [0.15, 0.2) is 5.82 Å². The van der Waals surface area contributed by atoms with Crippen molar-refractivity contribution in [3.63, 3.8) is 0 Å². The topological polar surface area (TPSA) is 126 Å². The first-order valence-corrected chi connectivity index (χ1v) is 13.1. The number of rotatable bonds is 8. The maximum absolute atomic E-state index is 12.7. The Hall–Kier alpha value is -1.12. The third-order valence-electron chi connectivity index (χ3n) is 5.78. The molecule has 164 valence electrons. The van der Waals surface area contributed by atoms with Crippen LogP contribution >= 0.6 is 0 Å². The highest BCUT2D eigenvalue weighted by molar-refractivity contribution is 7.88. The predicted octanol–water partition coefficient (Wildman–Crippen LogP) is -0.598. The maximum atomic E-state index is 12.7. The van der Waals surface area contributed by atoms with Gasteiger partial charge in [0.1, 0.15) is 0 Å². The van der Waals surface area contributed by atoms with Gasteiger partial charge in [0.05, 0.1) is 25.5 Å². The van der Waals surface area contributed by atoms with Crippen LogP contribution < -0.4 is 0 Å². The average molecular weight is 450 g/mol. The van der Waals surface area contributed by atoms with Crippen molar-refractivity contribution < 1.29 is 26.1 Å². The minimum Gasteiger partial charge on any atom is -0.379 e. The lowest BCUT2D eigenvalue weighted by Crippen LogP contribution is -2.65. The number of hydrogen-bond acceptors (Lipinski definition) is 8. The summed E-state index contributed by atoms with van der Waals surface area (Å²) in [6.07, 6.45) is 4.73. The molecule has 2 aliphatic heterocycles. The fraction of sp³-hybridized carbons (Fsp3) is 0.875. The highest BCUT2D eigenvalue weighted by Gasteiger charge is 2.44. The summed E-state index contributed by atoms with van der Waals surface area (Å²) in [5.41, 5.74) is 0. The molecular formula is C16H27N5O6S2. The molecule has 0 unspecified atom stereocenters. The molecule has 4 rings (SSSR count). The zero-order valence-electron chi connectivity index (χ0n) is 16.4. The van der Waals surface area contributed by atoms with E-state index in [0.717, 1.165) is 25.5 Å². The van der Waals surface area contributed by atoms with Crippen molar-refractivity contribution in [2.45, 2.75) is 37.6 Å². The number of ether oxygens (including phenoxy) is 1. The zero-order valence-corrected chi connectivity index (χ0v) is 18.1. The van der Waals surface area contributed by atoms with Crippen molar-refractivity contribution in [2.24, 2.45) is 0 Å². The standard InChI is InChI=1S/C16H27N5O6S2/c1-28(22,23)21(6-5-15-17-16(27-18-15)13-3-2-4-13)14-11-20(12-14)29(24,25)19-7-9-26-10-8-19/h13-14H,2-12H2,1H3. The third-order valence-corrected chi connectivity index (χ3v) is 9.08. The van der Waals surface area contributed by atoms with Crippen molar-refractivity contribution in [2.75, 3.05) is 52.2 Å². The molecule has 0 amide bonds. The second kappa shape index (κ2) is 8.19. The second-order valence-corrected chi connectivity index (χ2v) is 11.7. The minimum atomic E-state index is -3.58. The van der Waals surface area contributed by atoms with Crippen LogP contribution in [-0.4, -0.2) is 98.1 Å². The van der Waals surface area contributed by atoms with Gasteiger partial charge in [0, 0.05) is 45.1 Å². The van der Waals surface area contributed by atoms with Gasteiger partial charge >= 0.3 is 0 Å². The van der Waals surface area contributed by atoms with Crippen LogP contribution in [0.3, 0.4) is 0 Å². The predicted molar refractivity (Wildman–Crippen MR) is 103 cm³/mol. The Bertz CT molecular complexity index is 917. The summed E-state index contributed by atoms with van der Waals surface area (Å²) in [6, 6.07) is -0.390. The summed E-state index contributed by atoms with van der Waals surface area (Å²) in [4.78, 5) is 4.38. The first-order chi connectivity index (χ1) is 13.7. The Morgan fingerprint density at radius 3 is 2.38 bits per heavy atom. The Morgan fingerprint density at radius 1 is 1.10 bits per heavy atom. The van der Waals surface area contributed by atoms with E-state index in [9.17, 15) is 16.8 Å². The molecule has 0 spiro atoms. The van der Waals surface area contributed by atoms with Crippen LogP contribution in [-0.2, 0) is 31.4 Å². The minimum absolute atomic E-state index is 0.145. The largest absolute Gasteiger partial charge is 0.379 e. The molecule has 0 bridgehead atoms. The Morgan fingerprint density at radius 2 is 1.79 bits per heavy atom. The lowest BCUT2D eigenvalue weighted by atomic mass is 9.85. The first kappa shape index (κ1) is 21.1. The fourth-order valence-corrected chi connectivity index (χ4v) is 6.50. The van der Waals surface area contributed by atoms with Gasteiger partial charge in [-0.25, -0.2) is 8.42 Å². The van der Waals surface area contributed by atoms with E-state index in [0.29, 0.717) is 50.4 Å². The molecule has 0 atom stereocenters. The summed E-state index contributed by atoms with van der Waals surface area (Å²) < 4.78 is 64.4. The van der Waals surface area contributed by atoms with Crippen LogP contribution in [0.1, 0.15) is 36.9 Å². The van der Waals surface area contributed by atoms with E-state index >= 15 is 0 Å². The van der Waals surface area contributed by atoms with Gasteiger partial charge in [-0.05, 0) is 12.8 Å². The molecule has 2 saturated heterocycles. The van der Waals surface area contributed by atoms with E-state index in [2.05, 4.69) is 10.1 Å². The molecule has 3 fully saturated rings. The normalized spacial score (nSPS) is 23.2. The van der Waals surface area contributed by atoms with E-state index in [-0.39, 0.29) is 25.7 Å². The molecule has 29 heavy (non-hydrogen) atoms. The monoisotopic (exact) mass is 449 g/mol. The molecular weight excluding hydrogens is 422 g/mol. The molecule has 1 aromatic rings. The number of aromatic nitrogens is 2. The number of morpholine rings is 1. The molecule has 3 aliphatic rings. The SMILES string of the molecule is CS(=O)(=O)N(CCc1noc(C2CCC2)n1)C1CN(S(=O)(=O)N2CCOCC2)C1. The summed E-state index contributed by atoms with van der Waals surface area (Å²) in [6.45, 7) is 1.87. The Balaban J connectivity index is 1.35. The molecule has 0 radical (unpaired) electrons. The van der Waals surface area contributed by atoms with E-state index in [4.69, 9.17) is 9.26 Å². The van der Waals surface area contributed by atoms with Crippen molar-refractivity contribution in [1.29, 1.82) is 0 Å². The third kappa shape index (κ3) is 4.49. The lowest BCUT2D eigenvalue weighted by molar-refractivity contribution is 0.0652. The van der Waals surface area contributed by atoms with Crippen LogP contribution in [0.25, 0.3) is 0 Å². The van der Waals surface area contributed by atoms with Crippen LogP contribution in [0.15, 0.2) is 4.52 Å². The summed E-state index contributed by atoms with van der Waals surface area (Å²) in [7, 11) is -7.08. The maximum Gasteiger partial charge on any atom is 0.282 e. The average Bonchev–Trinajstić information content (AvgIpc) is 3.02. The molecule has 1 aromatic heterocycles. The van der Waals surface area contributed by atoms with Crippen LogP contribution in [0.2, 0.25) is 0 Å². The van der Waals surface area contributed by atoms with E-state index < -0.39 is 20.2 Å². The van der Waals surface area contributed by atoms with Gasteiger partial charge in [-0.2, -0.15) is 26.3 Å². The van der Waals surface area contributed by atoms with Gasteiger partial charge < -0.3 is 9.26 Å². The molecule has 1 saturated carbocycles. The molecule has 3 heterocycles. The number of nitrogens with zero attached hydrogens (tertiary/aromatic N) is 5. The van der Waals surface area contributed by atoms with Gasteiger partial charge in [-0.3, -0.25) is 0 Å². The quantitative estimate of drug-likeness (QED) is 0.515. The molecule has 0 aromatic carbocycles. The zero-order chi connectivity index (χ0) is 20.6.